The zero-order valence-corrected chi connectivity index (χ0v) is 15.2. The van der Waals surface area contributed by atoms with Gasteiger partial charge in [-0.3, -0.25) is 14.5 Å². The van der Waals surface area contributed by atoms with Crippen LogP contribution in [0.4, 0.5) is 0 Å². The van der Waals surface area contributed by atoms with Crippen LogP contribution in [-0.4, -0.2) is 59.0 Å². The van der Waals surface area contributed by atoms with Gasteiger partial charge in [-0.15, -0.1) is 0 Å². The van der Waals surface area contributed by atoms with Gasteiger partial charge in [-0.2, -0.15) is 0 Å². The second-order valence-electron chi connectivity index (χ2n) is 7.79. The Kier molecular flexibility index (Phi) is 4.56. The third-order valence-corrected chi connectivity index (χ3v) is 4.96. The summed E-state index contributed by atoms with van der Waals surface area (Å²) in [6.07, 6.45) is 2.03. The van der Waals surface area contributed by atoms with Gasteiger partial charge in [-0.25, -0.2) is 0 Å². The molecule has 1 aromatic heterocycles. The fourth-order valence-electron chi connectivity index (χ4n) is 3.60. The van der Waals surface area contributed by atoms with Gasteiger partial charge in [0.1, 0.15) is 5.72 Å². The number of carboxylic acid groups (broad SMARTS) is 1. The Hall–Kier alpha value is -2.35. The molecule has 0 unspecified atom stereocenters. The number of amides is 2. The number of carbonyl (C=O) groups is 3. The summed E-state index contributed by atoms with van der Waals surface area (Å²) in [4.78, 5) is 39.8. The molecule has 0 N–H and O–H groups in total. The molecule has 3 rings (SSSR count). The van der Waals surface area contributed by atoms with Crippen molar-refractivity contribution in [2.75, 3.05) is 19.7 Å². The summed E-state index contributed by atoms with van der Waals surface area (Å²) in [5, 5.41) is 11.5. The van der Waals surface area contributed by atoms with Gasteiger partial charge in [0.05, 0.1) is 24.9 Å². The zero-order valence-electron chi connectivity index (χ0n) is 15.2. The van der Waals surface area contributed by atoms with Gasteiger partial charge < -0.3 is 24.0 Å². The number of rotatable bonds is 2. The number of ether oxygens (including phenoxy) is 1. The first-order chi connectivity index (χ1) is 12.2. The minimum Gasteiger partial charge on any atom is -0.548 e. The van der Waals surface area contributed by atoms with Crippen molar-refractivity contribution in [3.05, 3.63) is 24.2 Å². The number of likely N-dealkylation sites (tertiary alicyclic amines) is 1. The SMILES string of the molecule is CC(C)(C)C(=O)N1CCC2(CC1)OC[C@@H](C(=O)[O-])N2C(=O)c1ccco1. The number of aliphatic carboxylic acids is 1. The molecule has 1 atom stereocenters. The molecule has 26 heavy (non-hydrogen) atoms. The molecule has 1 aromatic rings. The van der Waals surface area contributed by atoms with E-state index in [0.29, 0.717) is 25.9 Å². The largest absolute Gasteiger partial charge is 0.548 e. The van der Waals surface area contributed by atoms with Crippen molar-refractivity contribution < 1.29 is 28.6 Å². The van der Waals surface area contributed by atoms with Crippen LogP contribution in [0.5, 0.6) is 0 Å². The summed E-state index contributed by atoms with van der Waals surface area (Å²) < 4.78 is 11.0. The summed E-state index contributed by atoms with van der Waals surface area (Å²) in [5.41, 5.74) is -1.57. The van der Waals surface area contributed by atoms with Crippen molar-refractivity contribution in [3.63, 3.8) is 0 Å². The van der Waals surface area contributed by atoms with Crippen molar-refractivity contribution in [2.45, 2.75) is 45.4 Å². The molecule has 2 aliphatic heterocycles. The van der Waals surface area contributed by atoms with Crippen molar-refractivity contribution >= 4 is 17.8 Å². The molecule has 3 heterocycles. The lowest BCUT2D eigenvalue weighted by Gasteiger charge is -2.45. The van der Waals surface area contributed by atoms with E-state index in [1.54, 1.807) is 11.0 Å². The molecular weight excluding hydrogens is 340 g/mol. The van der Waals surface area contributed by atoms with Crippen LogP contribution in [0.3, 0.4) is 0 Å². The predicted octanol–water partition coefficient (Wildman–Crippen LogP) is 0.235. The number of hydrogen-bond donors (Lipinski definition) is 0. The van der Waals surface area contributed by atoms with Crippen molar-refractivity contribution in [1.29, 1.82) is 0 Å². The third kappa shape index (κ3) is 3.09. The molecule has 0 aliphatic carbocycles. The highest BCUT2D eigenvalue weighted by molar-refractivity contribution is 5.95. The molecule has 0 radical (unpaired) electrons. The van der Waals surface area contributed by atoms with Crippen LogP contribution in [-0.2, 0) is 14.3 Å². The maximum absolute atomic E-state index is 12.9. The summed E-state index contributed by atoms with van der Waals surface area (Å²) in [7, 11) is 0. The normalized spacial score (nSPS) is 22.7. The molecule has 8 heteroatoms. The fourth-order valence-corrected chi connectivity index (χ4v) is 3.60. The van der Waals surface area contributed by atoms with Gasteiger partial charge in [0.2, 0.25) is 5.91 Å². The Morgan fingerprint density at radius 3 is 2.38 bits per heavy atom. The molecule has 0 bridgehead atoms. The molecular formula is C18H23N2O6-. The zero-order chi connectivity index (χ0) is 19.1. The van der Waals surface area contributed by atoms with Crippen molar-refractivity contribution in [2.24, 2.45) is 5.41 Å². The Morgan fingerprint density at radius 2 is 1.88 bits per heavy atom. The minimum atomic E-state index is -1.37. The topological polar surface area (TPSA) is 103 Å². The van der Waals surface area contributed by atoms with Crippen LogP contribution >= 0.6 is 0 Å². The monoisotopic (exact) mass is 363 g/mol. The lowest BCUT2D eigenvalue weighted by atomic mass is 9.91. The average molecular weight is 363 g/mol. The molecule has 0 aromatic carbocycles. The molecule has 2 saturated heterocycles. The fraction of sp³-hybridized carbons (Fsp3) is 0.611. The van der Waals surface area contributed by atoms with E-state index in [1.807, 2.05) is 20.8 Å². The second kappa shape index (κ2) is 6.42. The first kappa shape index (κ1) is 18.4. The highest BCUT2D eigenvalue weighted by Gasteiger charge is 2.53. The number of nitrogens with zero attached hydrogens (tertiary/aromatic N) is 2. The quantitative estimate of drug-likeness (QED) is 0.745. The third-order valence-electron chi connectivity index (χ3n) is 4.96. The number of hydrogen-bond acceptors (Lipinski definition) is 6. The van der Waals surface area contributed by atoms with Crippen LogP contribution in [0, 0.1) is 5.41 Å². The van der Waals surface area contributed by atoms with Gasteiger partial charge in [0, 0.05) is 31.3 Å². The van der Waals surface area contributed by atoms with Crippen LogP contribution in [0.1, 0.15) is 44.2 Å². The van der Waals surface area contributed by atoms with E-state index in [2.05, 4.69) is 0 Å². The summed E-state index contributed by atoms with van der Waals surface area (Å²) >= 11 is 0. The minimum absolute atomic E-state index is 0.0192. The first-order valence-electron chi connectivity index (χ1n) is 8.67. The highest BCUT2D eigenvalue weighted by Crippen LogP contribution is 2.39. The standard InChI is InChI=1S/C18H24N2O6/c1-17(2,3)16(24)19-8-6-18(7-9-19)20(12(11-26-18)15(22)23)14(21)13-5-4-10-25-13/h4-5,10,12H,6-9,11H2,1-3H3,(H,22,23)/p-1/t12-/m0/s1. The lowest BCUT2D eigenvalue weighted by molar-refractivity contribution is -0.310. The van der Waals surface area contributed by atoms with Crippen LogP contribution in [0.15, 0.2) is 22.8 Å². The number of carbonyl (C=O) groups excluding carboxylic acids is 3. The lowest BCUT2D eigenvalue weighted by Crippen LogP contribution is -2.60. The molecule has 2 aliphatic rings. The molecule has 2 amide bonds. The summed E-state index contributed by atoms with van der Waals surface area (Å²) in [6.45, 7) is 6.19. The molecule has 2 fully saturated rings. The van der Waals surface area contributed by atoms with Crippen molar-refractivity contribution in [1.82, 2.24) is 9.80 Å². The Labute approximate surface area is 151 Å². The average Bonchev–Trinajstić information content (AvgIpc) is 3.22. The van der Waals surface area contributed by atoms with Gasteiger partial charge in [0.25, 0.3) is 5.91 Å². The Morgan fingerprint density at radius 1 is 1.23 bits per heavy atom. The van der Waals surface area contributed by atoms with Gasteiger partial charge in [0.15, 0.2) is 5.76 Å². The molecule has 142 valence electrons. The van der Waals surface area contributed by atoms with E-state index in [-0.39, 0.29) is 18.3 Å². The van der Waals surface area contributed by atoms with E-state index >= 15 is 0 Å². The number of carboxylic acids is 1. The summed E-state index contributed by atoms with van der Waals surface area (Å²) in [6, 6.07) is 1.87. The highest BCUT2D eigenvalue weighted by atomic mass is 16.5. The second-order valence-corrected chi connectivity index (χ2v) is 7.79. The van der Waals surface area contributed by atoms with Crippen LogP contribution in [0.25, 0.3) is 0 Å². The van der Waals surface area contributed by atoms with Crippen molar-refractivity contribution in [3.8, 4) is 0 Å². The molecule has 8 nitrogen and oxygen atoms in total. The van der Waals surface area contributed by atoms with E-state index < -0.39 is 29.1 Å². The summed E-state index contributed by atoms with van der Waals surface area (Å²) in [5.74, 6) is -1.84. The Bertz CT molecular complexity index is 698. The van der Waals surface area contributed by atoms with Crippen LogP contribution < -0.4 is 5.11 Å². The smallest absolute Gasteiger partial charge is 0.292 e. The molecule has 1 spiro atoms. The number of piperidine rings is 1. The molecule has 0 saturated carbocycles. The van der Waals surface area contributed by atoms with Gasteiger partial charge in [-0.05, 0) is 12.1 Å². The van der Waals surface area contributed by atoms with E-state index in [0.717, 1.165) is 0 Å². The maximum atomic E-state index is 12.9. The predicted molar refractivity (Wildman–Crippen MR) is 87.6 cm³/mol. The van der Waals surface area contributed by atoms with E-state index in [1.165, 1.54) is 17.2 Å². The number of furan rings is 1. The van der Waals surface area contributed by atoms with Crippen LogP contribution in [0.2, 0.25) is 0 Å². The van der Waals surface area contributed by atoms with Gasteiger partial charge in [-0.1, -0.05) is 20.8 Å². The van der Waals surface area contributed by atoms with E-state index in [9.17, 15) is 19.5 Å². The first-order valence-corrected chi connectivity index (χ1v) is 8.67. The van der Waals surface area contributed by atoms with Gasteiger partial charge >= 0.3 is 0 Å². The van der Waals surface area contributed by atoms with E-state index in [4.69, 9.17) is 9.15 Å². The Balaban J connectivity index is 1.83. The maximum Gasteiger partial charge on any atom is 0.292 e.